The van der Waals surface area contributed by atoms with E-state index in [9.17, 15) is 0 Å². The van der Waals surface area contributed by atoms with Crippen molar-refractivity contribution in [2.24, 2.45) is 5.73 Å². The normalized spacial score (nSPS) is 12.4. The van der Waals surface area contributed by atoms with Crippen molar-refractivity contribution in [3.05, 3.63) is 36.3 Å². The number of allylic oxidation sites excluding steroid dienone is 3. The number of ether oxygens (including phenoxy) is 1. The largest absolute Gasteiger partial charge is 0.494 e. The van der Waals surface area contributed by atoms with Crippen LogP contribution in [-0.4, -0.2) is 32.1 Å². The maximum atomic E-state index is 5.54. The molecular formula is C12H22N2O. The molecule has 0 aromatic rings. The lowest BCUT2D eigenvalue weighted by molar-refractivity contribution is 0.206. The highest BCUT2D eigenvalue weighted by atomic mass is 16.5. The van der Waals surface area contributed by atoms with Crippen LogP contribution in [0.5, 0.6) is 0 Å². The van der Waals surface area contributed by atoms with E-state index in [-0.39, 0.29) is 0 Å². The van der Waals surface area contributed by atoms with E-state index in [2.05, 4.69) is 25.6 Å². The summed E-state index contributed by atoms with van der Waals surface area (Å²) in [5, 5.41) is 0. The quantitative estimate of drug-likeness (QED) is 0.396. The van der Waals surface area contributed by atoms with Gasteiger partial charge in [-0.15, -0.1) is 0 Å². The Morgan fingerprint density at radius 1 is 1.40 bits per heavy atom. The van der Waals surface area contributed by atoms with Crippen LogP contribution < -0.4 is 5.73 Å². The lowest BCUT2D eigenvalue weighted by atomic mass is 10.3. The minimum atomic E-state index is 0.534. The van der Waals surface area contributed by atoms with Crippen molar-refractivity contribution in [2.75, 3.05) is 27.2 Å². The third-order valence-corrected chi connectivity index (χ3v) is 1.76. The Labute approximate surface area is 92.9 Å². The summed E-state index contributed by atoms with van der Waals surface area (Å²) >= 11 is 0. The molecule has 0 aromatic heterocycles. The summed E-state index contributed by atoms with van der Waals surface area (Å²) in [6.45, 7) is 7.27. The van der Waals surface area contributed by atoms with E-state index >= 15 is 0 Å². The molecular weight excluding hydrogens is 188 g/mol. The van der Waals surface area contributed by atoms with Gasteiger partial charge in [0.05, 0.1) is 6.61 Å². The number of hydrogen-bond acceptors (Lipinski definition) is 3. The number of hydrogen-bond donors (Lipinski definition) is 1. The number of nitrogens with two attached hydrogens (primary N) is 1. The van der Waals surface area contributed by atoms with Crippen molar-refractivity contribution >= 4 is 0 Å². The molecule has 0 radical (unpaired) electrons. The smallest absolute Gasteiger partial charge is 0.115 e. The second-order valence-electron chi connectivity index (χ2n) is 3.60. The van der Waals surface area contributed by atoms with Gasteiger partial charge in [0.15, 0.2) is 0 Å². The second kappa shape index (κ2) is 8.12. The van der Waals surface area contributed by atoms with Crippen LogP contribution in [0.1, 0.15) is 13.3 Å². The summed E-state index contributed by atoms with van der Waals surface area (Å²) in [6, 6.07) is 0. The standard InChI is InChI=1S/C12H22N2O/c1-5-12(8-7-11(2)13)15-10-6-9-14(3)4/h5,7-8H,2,6,9-10,13H2,1,3-4H3/b8-7-,12-5+. The lowest BCUT2D eigenvalue weighted by Crippen LogP contribution is -2.14. The van der Waals surface area contributed by atoms with Gasteiger partial charge in [0, 0.05) is 12.2 Å². The number of rotatable bonds is 7. The summed E-state index contributed by atoms with van der Waals surface area (Å²) < 4.78 is 5.54. The third kappa shape index (κ3) is 9.09. The summed E-state index contributed by atoms with van der Waals surface area (Å²) in [5.74, 6) is 0.834. The number of nitrogens with zero attached hydrogens (tertiary/aromatic N) is 1. The molecule has 0 saturated carbocycles. The van der Waals surface area contributed by atoms with Gasteiger partial charge in [0.1, 0.15) is 5.76 Å². The van der Waals surface area contributed by atoms with Crippen LogP contribution in [0.3, 0.4) is 0 Å². The molecule has 0 aromatic carbocycles. The maximum Gasteiger partial charge on any atom is 0.115 e. The first kappa shape index (κ1) is 13.8. The van der Waals surface area contributed by atoms with Gasteiger partial charge in [0.2, 0.25) is 0 Å². The monoisotopic (exact) mass is 210 g/mol. The fraction of sp³-hybridized carbons (Fsp3) is 0.500. The molecule has 3 heteroatoms. The van der Waals surface area contributed by atoms with Gasteiger partial charge >= 0.3 is 0 Å². The molecule has 86 valence electrons. The Bertz CT molecular complexity index is 242. The molecule has 0 fully saturated rings. The van der Waals surface area contributed by atoms with E-state index in [1.807, 2.05) is 19.1 Å². The van der Waals surface area contributed by atoms with Gasteiger partial charge < -0.3 is 15.4 Å². The maximum absolute atomic E-state index is 5.54. The molecule has 0 aliphatic carbocycles. The summed E-state index contributed by atoms with van der Waals surface area (Å²) in [7, 11) is 4.10. The Balaban J connectivity index is 3.78. The SMILES string of the molecule is C=C(N)/C=C\C(=C/C)OCCCN(C)C. The first-order valence-electron chi connectivity index (χ1n) is 5.12. The average Bonchev–Trinajstić information content (AvgIpc) is 2.16. The highest BCUT2D eigenvalue weighted by molar-refractivity contribution is 5.20. The molecule has 0 aliphatic heterocycles. The van der Waals surface area contributed by atoms with Crippen molar-refractivity contribution < 1.29 is 4.74 Å². The fourth-order valence-corrected chi connectivity index (χ4v) is 0.988. The van der Waals surface area contributed by atoms with Gasteiger partial charge in [-0.2, -0.15) is 0 Å². The minimum Gasteiger partial charge on any atom is -0.494 e. The molecule has 0 atom stereocenters. The predicted octanol–water partition coefficient (Wildman–Crippen LogP) is 1.89. The Morgan fingerprint density at radius 2 is 2.07 bits per heavy atom. The fourth-order valence-electron chi connectivity index (χ4n) is 0.988. The van der Waals surface area contributed by atoms with E-state index in [0.29, 0.717) is 5.70 Å². The van der Waals surface area contributed by atoms with Gasteiger partial charge in [-0.05, 0) is 45.7 Å². The van der Waals surface area contributed by atoms with Crippen molar-refractivity contribution in [3.8, 4) is 0 Å². The molecule has 0 spiro atoms. The molecule has 0 amide bonds. The second-order valence-corrected chi connectivity index (χ2v) is 3.60. The minimum absolute atomic E-state index is 0.534. The van der Waals surface area contributed by atoms with Crippen molar-refractivity contribution in [3.63, 3.8) is 0 Å². The summed E-state index contributed by atoms with van der Waals surface area (Å²) in [4.78, 5) is 2.14. The van der Waals surface area contributed by atoms with Crippen LogP contribution in [0.4, 0.5) is 0 Å². The highest BCUT2D eigenvalue weighted by Gasteiger charge is 1.93. The van der Waals surface area contributed by atoms with E-state index in [4.69, 9.17) is 10.5 Å². The zero-order chi connectivity index (χ0) is 11.7. The third-order valence-electron chi connectivity index (χ3n) is 1.76. The van der Waals surface area contributed by atoms with E-state index < -0.39 is 0 Å². The van der Waals surface area contributed by atoms with Crippen LogP contribution in [0, 0.1) is 0 Å². The van der Waals surface area contributed by atoms with Crippen LogP contribution in [0.15, 0.2) is 36.3 Å². The molecule has 0 aliphatic rings. The van der Waals surface area contributed by atoms with E-state index in [0.717, 1.165) is 25.3 Å². The first-order valence-corrected chi connectivity index (χ1v) is 5.12. The topological polar surface area (TPSA) is 38.5 Å². The Morgan fingerprint density at radius 3 is 2.53 bits per heavy atom. The molecule has 0 saturated heterocycles. The molecule has 2 N–H and O–H groups in total. The highest BCUT2D eigenvalue weighted by Crippen LogP contribution is 2.01. The predicted molar refractivity (Wildman–Crippen MR) is 65.3 cm³/mol. The van der Waals surface area contributed by atoms with Gasteiger partial charge in [-0.3, -0.25) is 0 Å². The molecule has 15 heavy (non-hydrogen) atoms. The van der Waals surface area contributed by atoms with Crippen LogP contribution >= 0.6 is 0 Å². The van der Waals surface area contributed by atoms with Crippen molar-refractivity contribution in [2.45, 2.75) is 13.3 Å². The van der Waals surface area contributed by atoms with Gasteiger partial charge in [-0.1, -0.05) is 6.58 Å². The lowest BCUT2D eigenvalue weighted by Gasteiger charge is -2.10. The van der Waals surface area contributed by atoms with Gasteiger partial charge in [0.25, 0.3) is 0 Å². The van der Waals surface area contributed by atoms with Crippen molar-refractivity contribution in [1.82, 2.24) is 4.90 Å². The van der Waals surface area contributed by atoms with Crippen molar-refractivity contribution in [1.29, 1.82) is 0 Å². The molecule has 3 nitrogen and oxygen atoms in total. The van der Waals surface area contributed by atoms with E-state index in [1.165, 1.54) is 0 Å². The van der Waals surface area contributed by atoms with Crippen LogP contribution in [0.2, 0.25) is 0 Å². The average molecular weight is 210 g/mol. The summed E-state index contributed by atoms with van der Waals surface area (Å²) in [5.41, 5.74) is 5.95. The zero-order valence-electron chi connectivity index (χ0n) is 9.99. The Kier molecular flexibility index (Phi) is 7.46. The first-order chi connectivity index (χ1) is 7.06. The Hall–Kier alpha value is -1.22. The molecule has 0 heterocycles. The summed E-state index contributed by atoms with van der Waals surface area (Å²) in [6.07, 6.45) is 6.50. The zero-order valence-corrected chi connectivity index (χ0v) is 9.99. The van der Waals surface area contributed by atoms with Crippen LogP contribution in [0.25, 0.3) is 0 Å². The molecule has 0 rings (SSSR count). The molecule has 0 bridgehead atoms. The van der Waals surface area contributed by atoms with E-state index in [1.54, 1.807) is 6.08 Å². The van der Waals surface area contributed by atoms with Gasteiger partial charge in [-0.25, -0.2) is 0 Å². The molecule has 0 unspecified atom stereocenters. The van der Waals surface area contributed by atoms with Crippen LogP contribution in [-0.2, 0) is 4.74 Å².